The van der Waals surface area contributed by atoms with E-state index in [1.165, 1.54) is 11.3 Å². The number of anilines is 1. The van der Waals surface area contributed by atoms with Crippen LogP contribution in [0.25, 0.3) is 0 Å². The molecule has 5 heteroatoms. The summed E-state index contributed by atoms with van der Waals surface area (Å²) in [5, 5.41) is 0. The minimum Gasteiger partial charge on any atom is -0.598 e. The molecule has 1 saturated heterocycles. The smallest absolute Gasteiger partial charge is 0.136 e. The van der Waals surface area contributed by atoms with Crippen LogP contribution >= 0.6 is 0 Å². The van der Waals surface area contributed by atoms with E-state index in [1.54, 1.807) is 0 Å². The van der Waals surface area contributed by atoms with Crippen molar-refractivity contribution in [1.29, 1.82) is 0 Å². The van der Waals surface area contributed by atoms with Gasteiger partial charge in [-0.05, 0) is 51.9 Å². The molecule has 0 aliphatic carbocycles. The second-order valence-corrected chi connectivity index (χ2v) is 9.23. The topological polar surface area (TPSA) is 41.6 Å². The molecule has 0 amide bonds. The molecule has 1 unspecified atom stereocenters. The van der Waals surface area contributed by atoms with Gasteiger partial charge in [-0.2, -0.15) is 0 Å². The van der Waals surface area contributed by atoms with E-state index >= 15 is 0 Å². The largest absolute Gasteiger partial charge is 0.598 e. The first-order valence-corrected chi connectivity index (χ1v) is 9.71. The normalized spacial score (nSPS) is 19.7. The number of likely N-dealkylation sites (N-methyl/N-ethyl adjacent to an activating group) is 1. The minimum absolute atomic E-state index is 0.0843. The van der Waals surface area contributed by atoms with Crippen LogP contribution in [0, 0.1) is 0 Å². The maximum Gasteiger partial charge on any atom is 0.136 e. The lowest BCUT2D eigenvalue weighted by atomic mass is 10.1. The second kappa shape index (κ2) is 7.88. The van der Waals surface area contributed by atoms with Crippen LogP contribution < -0.4 is 9.62 Å². The summed E-state index contributed by atoms with van der Waals surface area (Å²) in [5.41, 5.74) is 2.46. The Morgan fingerprint density at radius 3 is 2.17 bits per heavy atom. The van der Waals surface area contributed by atoms with Gasteiger partial charge in [0.15, 0.2) is 0 Å². The number of hydrogen-bond donors (Lipinski definition) is 1. The molecule has 1 aromatic carbocycles. The predicted octanol–water partition coefficient (Wildman–Crippen LogP) is 2.94. The van der Waals surface area contributed by atoms with E-state index in [9.17, 15) is 4.55 Å². The first-order valence-electron chi connectivity index (χ1n) is 8.56. The SMILES string of the molecule is CCN1CCN(c2ccc([C@@H](C)N[S+]([O-])C(C)(C)C)cc2)CC1. The monoisotopic (exact) mass is 337 g/mol. The highest BCUT2D eigenvalue weighted by Gasteiger charge is 2.28. The molecule has 0 bridgehead atoms. The van der Waals surface area contributed by atoms with E-state index in [-0.39, 0.29) is 10.8 Å². The highest BCUT2D eigenvalue weighted by Crippen LogP contribution is 2.23. The predicted molar refractivity (Wildman–Crippen MR) is 100 cm³/mol. The summed E-state index contributed by atoms with van der Waals surface area (Å²) in [7, 11) is 0. The fourth-order valence-corrected chi connectivity index (χ4v) is 3.51. The maximum atomic E-state index is 12.2. The molecule has 23 heavy (non-hydrogen) atoms. The lowest BCUT2D eigenvalue weighted by Gasteiger charge is -2.35. The van der Waals surface area contributed by atoms with Gasteiger partial charge >= 0.3 is 0 Å². The maximum absolute atomic E-state index is 12.2. The van der Waals surface area contributed by atoms with Crippen LogP contribution in [0.15, 0.2) is 24.3 Å². The van der Waals surface area contributed by atoms with Crippen molar-refractivity contribution < 1.29 is 4.55 Å². The minimum atomic E-state index is -1.05. The molecule has 4 nitrogen and oxygen atoms in total. The van der Waals surface area contributed by atoms with Crippen molar-refractivity contribution in [1.82, 2.24) is 9.62 Å². The summed E-state index contributed by atoms with van der Waals surface area (Å²) in [6, 6.07) is 8.77. The van der Waals surface area contributed by atoms with Gasteiger partial charge in [-0.3, -0.25) is 0 Å². The van der Waals surface area contributed by atoms with Crippen molar-refractivity contribution in [3.8, 4) is 0 Å². The fourth-order valence-electron chi connectivity index (χ4n) is 2.70. The third-order valence-corrected chi connectivity index (χ3v) is 6.10. The Bertz CT molecular complexity index is 478. The Kier molecular flexibility index (Phi) is 6.37. The summed E-state index contributed by atoms with van der Waals surface area (Å²) in [5.74, 6) is 0. The molecule has 1 heterocycles. The Labute approximate surface area is 144 Å². The summed E-state index contributed by atoms with van der Waals surface area (Å²) in [6.07, 6.45) is 0. The molecule has 1 aliphatic heterocycles. The molecule has 0 spiro atoms. The van der Waals surface area contributed by atoms with Crippen molar-refractivity contribution in [3.63, 3.8) is 0 Å². The molecule has 130 valence electrons. The Hall–Kier alpha value is -0.750. The third-order valence-electron chi connectivity index (χ3n) is 4.42. The van der Waals surface area contributed by atoms with E-state index in [4.69, 9.17) is 0 Å². The molecule has 0 saturated carbocycles. The summed E-state index contributed by atoms with van der Waals surface area (Å²) >= 11 is -1.05. The molecular weight excluding hydrogens is 306 g/mol. The zero-order chi connectivity index (χ0) is 17.0. The van der Waals surface area contributed by atoms with E-state index in [0.29, 0.717) is 0 Å². The van der Waals surface area contributed by atoms with Crippen molar-refractivity contribution in [3.05, 3.63) is 29.8 Å². The van der Waals surface area contributed by atoms with Crippen LogP contribution in [-0.2, 0) is 11.4 Å². The molecular formula is C18H31N3OS. The summed E-state index contributed by atoms with van der Waals surface area (Å²) in [6.45, 7) is 15.9. The van der Waals surface area contributed by atoms with E-state index in [1.807, 2.05) is 20.8 Å². The molecule has 1 aromatic rings. The quantitative estimate of drug-likeness (QED) is 0.839. The molecule has 2 atom stereocenters. The highest BCUT2D eigenvalue weighted by atomic mass is 32.2. The number of rotatable bonds is 5. The van der Waals surface area contributed by atoms with Crippen molar-refractivity contribution in [2.45, 2.75) is 45.4 Å². The lowest BCUT2D eigenvalue weighted by Crippen LogP contribution is -2.46. The van der Waals surface area contributed by atoms with E-state index < -0.39 is 11.4 Å². The zero-order valence-corrected chi connectivity index (χ0v) is 15.9. The number of nitrogens with zero attached hydrogens (tertiary/aromatic N) is 2. The van der Waals surface area contributed by atoms with Crippen LogP contribution in [-0.4, -0.2) is 46.9 Å². The van der Waals surface area contributed by atoms with Gasteiger partial charge in [0.25, 0.3) is 0 Å². The van der Waals surface area contributed by atoms with Gasteiger partial charge in [-0.25, -0.2) is 0 Å². The second-order valence-electron chi connectivity index (χ2n) is 7.23. The molecule has 1 N–H and O–H groups in total. The number of benzene rings is 1. The third kappa shape index (κ3) is 5.11. The fraction of sp³-hybridized carbons (Fsp3) is 0.667. The van der Waals surface area contributed by atoms with Crippen molar-refractivity contribution in [2.24, 2.45) is 0 Å². The van der Waals surface area contributed by atoms with Crippen molar-refractivity contribution >= 4 is 17.0 Å². The average Bonchev–Trinajstić information content (AvgIpc) is 2.54. The number of piperazine rings is 1. The van der Waals surface area contributed by atoms with Crippen molar-refractivity contribution in [2.75, 3.05) is 37.6 Å². The lowest BCUT2D eigenvalue weighted by molar-refractivity contribution is 0.271. The first-order chi connectivity index (χ1) is 10.8. The van der Waals surface area contributed by atoms with Crippen LogP contribution in [0.1, 0.15) is 46.2 Å². The number of hydrogen-bond acceptors (Lipinski definition) is 4. The van der Waals surface area contributed by atoms with Gasteiger partial charge < -0.3 is 14.4 Å². The van der Waals surface area contributed by atoms with Gasteiger partial charge in [0.2, 0.25) is 0 Å². The molecule has 0 radical (unpaired) electrons. The zero-order valence-electron chi connectivity index (χ0n) is 15.1. The average molecular weight is 338 g/mol. The molecule has 2 rings (SSSR count). The Balaban J connectivity index is 1.94. The van der Waals surface area contributed by atoms with E-state index in [0.717, 1.165) is 32.7 Å². The highest BCUT2D eigenvalue weighted by molar-refractivity contribution is 7.90. The first kappa shape index (κ1) is 18.6. The Morgan fingerprint density at radius 2 is 1.70 bits per heavy atom. The van der Waals surface area contributed by atoms with Gasteiger partial charge in [0, 0.05) is 43.2 Å². The van der Waals surface area contributed by atoms with Crippen LogP contribution in [0.4, 0.5) is 5.69 Å². The van der Waals surface area contributed by atoms with Crippen LogP contribution in [0.3, 0.4) is 0 Å². The molecule has 0 aromatic heterocycles. The summed E-state index contributed by atoms with van der Waals surface area (Å²) in [4.78, 5) is 4.93. The van der Waals surface area contributed by atoms with Gasteiger partial charge in [-0.15, -0.1) is 4.72 Å². The van der Waals surface area contributed by atoms with Crippen LogP contribution in [0.2, 0.25) is 0 Å². The Morgan fingerprint density at radius 1 is 1.13 bits per heavy atom. The van der Waals surface area contributed by atoms with Gasteiger partial charge in [0.05, 0.1) is 6.04 Å². The summed E-state index contributed by atoms with van der Waals surface area (Å²) < 4.78 is 15.2. The number of nitrogens with one attached hydrogen (secondary N) is 1. The standard InChI is InChI=1S/C18H31N3OS/c1-6-20-11-13-21(14-12-20)17-9-7-16(8-10-17)15(2)19-23(22)18(3,4)5/h7-10,15,19H,6,11-14H2,1-5H3/t15-,23?/m1/s1. The van der Waals surface area contributed by atoms with Crippen LogP contribution in [0.5, 0.6) is 0 Å². The van der Waals surface area contributed by atoms with E-state index in [2.05, 4.69) is 52.6 Å². The van der Waals surface area contributed by atoms with Gasteiger partial charge in [0.1, 0.15) is 4.75 Å². The molecule has 1 aliphatic rings. The van der Waals surface area contributed by atoms with Gasteiger partial charge in [-0.1, -0.05) is 19.1 Å². The molecule has 1 fully saturated rings.